The standard InChI is InChI=1S/C22H29N5OS/c1-16-8-10-25(11-9-16)15-27-22(29)26(14-17-5-4-12-28-17)21(24-27)19-13-23-20-7-3-2-6-18(19)20/h2-3,6-7,13,16-17,23H,4-5,8-12,14-15H2,1H3. The van der Waals surface area contributed by atoms with Gasteiger partial charge in [-0.1, -0.05) is 25.1 Å². The van der Waals surface area contributed by atoms with E-state index in [1.54, 1.807) is 0 Å². The largest absolute Gasteiger partial charge is 0.376 e. The minimum atomic E-state index is 0.221. The molecule has 0 amide bonds. The van der Waals surface area contributed by atoms with Crippen molar-refractivity contribution in [2.75, 3.05) is 19.7 Å². The molecule has 0 radical (unpaired) electrons. The molecular weight excluding hydrogens is 382 g/mol. The van der Waals surface area contributed by atoms with Crippen molar-refractivity contribution < 1.29 is 4.74 Å². The van der Waals surface area contributed by atoms with E-state index in [0.29, 0.717) is 0 Å². The van der Waals surface area contributed by atoms with E-state index < -0.39 is 0 Å². The summed E-state index contributed by atoms with van der Waals surface area (Å²) in [4.78, 5) is 5.85. The first kappa shape index (κ1) is 19.0. The van der Waals surface area contributed by atoms with Crippen molar-refractivity contribution in [3.8, 4) is 11.4 Å². The molecule has 0 spiro atoms. The number of para-hydroxylation sites is 1. The van der Waals surface area contributed by atoms with Crippen LogP contribution in [0.15, 0.2) is 30.5 Å². The molecule has 1 unspecified atom stereocenters. The van der Waals surface area contributed by atoms with Crippen LogP contribution in [0.5, 0.6) is 0 Å². The van der Waals surface area contributed by atoms with Gasteiger partial charge in [0.1, 0.15) is 0 Å². The van der Waals surface area contributed by atoms with Crippen LogP contribution in [0.25, 0.3) is 22.3 Å². The Bertz CT molecular complexity index is 1040. The molecule has 154 valence electrons. The third-order valence-corrected chi connectivity index (χ3v) is 6.80. The molecule has 0 bridgehead atoms. The molecule has 1 aromatic carbocycles. The first-order valence-corrected chi connectivity index (χ1v) is 11.2. The monoisotopic (exact) mass is 411 g/mol. The molecule has 3 aromatic rings. The summed E-state index contributed by atoms with van der Waals surface area (Å²) in [6.45, 7) is 6.95. The quantitative estimate of drug-likeness (QED) is 0.631. The molecule has 0 saturated carbocycles. The molecule has 2 aliphatic heterocycles. The van der Waals surface area contributed by atoms with Gasteiger partial charge in [0, 0.05) is 42.4 Å². The maximum absolute atomic E-state index is 5.92. The highest BCUT2D eigenvalue weighted by Gasteiger charge is 2.23. The Kier molecular flexibility index (Phi) is 5.28. The molecule has 5 rings (SSSR count). The van der Waals surface area contributed by atoms with Gasteiger partial charge in [0.05, 0.1) is 19.3 Å². The van der Waals surface area contributed by atoms with E-state index >= 15 is 0 Å². The smallest absolute Gasteiger partial charge is 0.199 e. The van der Waals surface area contributed by atoms with Gasteiger partial charge in [-0.2, -0.15) is 5.10 Å². The number of piperidine rings is 1. The molecule has 0 aliphatic carbocycles. The van der Waals surface area contributed by atoms with Crippen LogP contribution < -0.4 is 0 Å². The second kappa shape index (κ2) is 8.05. The Morgan fingerprint density at radius 2 is 2.03 bits per heavy atom. The zero-order valence-electron chi connectivity index (χ0n) is 17.0. The topological polar surface area (TPSA) is 51.0 Å². The number of fused-ring (bicyclic) bond motifs is 1. The fraction of sp³-hybridized carbons (Fsp3) is 0.545. The SMILES string of the molecule is CC1CCN(Cn2nc(-c3c[nH]c4ccccc34)n(CC3CCCO3)c2=S)CC1. The van der Waals surface area contributed by atoms with Crippen LogP contribution in [0.1, 0.15) is 32.6 Å². The molecule has 2 saturated heterocycles. The summed E-state index contributed by atoms with van der Waals surface area (Å²) in [7, 11) is 0. The number of ether oxygens (including phenoxy) is 1. The van der Waals surface area contributed by atoms with Gasteiger partial charge in [0.25, 0.3) is 0 Å². The molecule has 2 aromatic heterocycles. The fourth-order valence-corrected chi connectivity index (χ4v) is 4.80. The lowest BCUT2D eigenvalue weighted by molar-refractivity contribution is 0.0964. The number of nitrogens with zero attached hydrogens (tertiary/aromatic N) is 4. The Balaban J connectivity index is 1.52. The highest BCUT2D eigenvalue weighted by atomic mass is 32.1. The highest BCUT2D eigenvalue weighted by Crippen LogP contribution is 2.29. The van der Waals surface area contributed by atoms with E-state index in [9.17, 15) is 0 Å². The van der Waals surface area contributed by atoms with E-state index in [1.165, 1.54) is 18.2 Å². The molecule has 4 heterocycles. The van der Waals surface area contributed by atoms with Gasteiger partial charge in [-0.05, 0) is 49.9 Å². The lowest BCUT2D eigenvalue weighted by atomic mass is 10.00. The van der Waals surface area contributed by atoms with E-state index in [0.717, 1.165) is 73.3 Å². The predicted molar refractivity (Wildman–Crippen MR) is 117 cm³/mol. The molecular formula is C22H29N5OS. The summed E-state index contributed by atoms with van der Waals surface area (Å²) in [6, 6.07) is 8.37. The van der Waals surface area contributed by atoms with Crippen LogP contribution >= 0.6 is 12.2 Å². The molecule has 1 atom stereocenters. The van der Waals surface area contributed by atoms with Gasteiger partial charge < -0.3 is 9.72 Å². The van der Waals surface area contributed by atoms with E-state index in [2.05, 4.69) is 51.8 Å². The van der Waals surface area contributed by atoms with Crippen molar-refractivity contribution in [1.82, 2.24) is 24.2 Å². The number of likely N-dealkylation sites (tertiary alicyclic amines) is 1. The second-order valence-corrected chi connectivity index (χ2v) is 8.91. The first-order valence-electron chi connectivity index (χ1n) is 10.8. The molecule has 2 aliphatic rings. The Morgan fingerprint density at radius 1 is 1.21 bits per heavy atom. The number of H-pyrrole nitrogens is 1. The minimum absolute atomic E-state index is 0.221. The summed E-state index contributed by atoms with van der Waals surface area (Å²) in [5, 5.41) is 6.20. The van der Waals surface area contributed by atoms with Crippen molar-refractivity contribution in [3.05, 3.63) is 35.2 Å². The number of nitrogens with one attached hydrogen (secondary N) is 1. The molecule has 29 heavy (non-hydrogen) atoms. The van der Waals surface area contributed by atoms with Crippen molar-refractivity contribution in [1.29, 1.82) is 0 Å². The van der Waals surface area contributed by atoms with Gasteiger partial charge in [-0.15, -0.1) is 0 Å². The van der Waals surface area contributed by atoms with Crippen molar-refractivity contribution in [2.45, 2.75) is 51.9 Å². The van der Waals surface area contributed by atoms with E-state index in [1.807, 2.05) is 4.68 Å². The van der Waals surface area contributed by atoms with Crippen LogP contribution in [0.2, 0.25) is 0 Å². The Morgan fingerprint density at radius 3 is 2.83 bits per heavy atom. The Labute approximate surface area is 176 Å². The van der Waals surface area contributed by atoms with Gasteiger partial charge in [0.15, 0.2) is 10.6 Å². The minimum Gasteiger partial charge on any atom is -0.376 e. The maximum Gasteiger partial charge on any atom is 0.199 e. The first-order chi connectivity index (χ1) is 14.2. The molecule has 1 N–H and O–H groups in total. The van der Waals surface area contributed by atoms with Crippen LogP contribution in [0.3, 0.4) is 0 Å². The van der Waals surface area contributed by atoms with Gasteiger partial charge >= 0.3 is 0 Å². The van der Waals surface area contributed by atoms with Crippen molar-refractivity contribution >= 4 is 23.1 Å². The number of aromatic amines is 1. The van der Waals surface area contributed by atoms with Crippen LogP contribution in [-0.2, 0) is 18.0 Å². The van der Waals surface area contributed by atoms with Crippen molar-refractivity contribution in [2.24, 2.45) is 5.92 Å². The van der Waals surface area contributed by atoms with Crippen LogP contribution in [0.4, 0.5) is 0 Å². The normalized spacial score (nSPS) is 21.3. The zero-order chi connectivity index (χ0) is 19.8. The van der Waals surface area contributed by atoms with Crippen LogP contribution in [0, 0.1) is 10.7 Å². The lowest BCUT2D eigenvalue weighted by Gasteiger charge is -2.29. The van der Waals surface area contributed by atoms with Gasteiger partial charge in [-0.25, -0.2) is 4.68 Å². The number of hydrogen-bond acceptors (Lipinski definition) is 4. The molecule has 7 heteroatoms. The highest BCUT2D eigenvalue weighted by molar-refractivity contribution is 7.71. The number of benzene rings is 1. The lowest BCUT2D eigenvalue weighted by Crippen LogP contribution is -2.34. The molecule has 2 fully saturated rings. The third kappa shape index (κ3) is 3.79. The number of hydrogen-bond donors (Lipinski definition) is 1. The average molecular weight is 412 g/mol. The summed E-state index contributed by atoms with van der Waals surface area (Å²) in [5.41, 5.74) is 2.23. The maximum atomic E-state index is 5.92. The second-order valence-electron chi connectivity index (χ2n) is 8.54. The Hall–Kier alpha value is -1.96. The summed E-state index contributed by atoms with van der Waals surface area (Å²) in [5.74, 6) is 1.76. The van der Waals surface area contributed by atoms with E-state index in [-0.39, 0.29) is 6.10 Å². The number of aromatic nitrogens is 4. The summed E-state index contributed by atoms with van der Waals surface area (Å²) in [6.07, 6.45) is 6.99. The van der Waals surface area contributed by atoms with E-state index in [4.69, 9.17) is 22.1 Å². The zero-order valence-corrected chi connectivity index (χ0v) is 17.8. The predicted octanol–water partition coefficient (Wildman–Crippen LogP) is 4.43. The molecule has 6 nitrogen and oxygen atoms in total. The average Bonchev–Trinajstić information content (AvgIpc) is 3.46. The third-order valence-electron chi connectivity index (χ3n) is 6.37. The van der Waals surface area contributed by atoms with Crippen molar-refractivity contribution in [3.63, 3.8) is 0 Å². The van der Waals surface area contributed by atoms with Gasteiger partial charge in [0.2, 0.25) is 0 Å². The van der Waals surface area contributed by atoms with Gasteiger partial charge in [-0.3, -0.25) is 9.47 Å². The summed E-state index contributed by atoms with van der Waals surface area (Å²) >= 11 is 5.91. The fourth-order valence-electron chi connectivity index (χ4n) is 4.54. The summed E-state index contributed by atoms with van der Waals surface area (Å²) < 4.78 is 10.9. The number of rotatable bonds is 5. The van der Waals surface area contributed by atoms with Crippen LogP contribution in [-0.4, -0.2) is 50.0 Å².